The molecular weight excluding hydrogens is 482 g/mol. The molecule has 0 bridgehead atoms. The number of aromatic nitrogens is 2. The van der Waals surface area contributed by atoms with Crippen molar-refractivity contribution in [2.45, 2.75) is 31.9 Å². The summed E-state index contributed by atoms with van der Waals surface area (Å²) >= 11 is 0. The number of aryl methyl sites for hydroxylation is 1. The fourth-order valence-electron chi connectivity index (χ4n) is 4.69. The number of carbonyl (C=O) groups excluding carboxylic acids is 2. The van der Waals surface area contributed by atoms with Gasteiger partial charge >= 0.3 is 0 Å². The Morgan fingerprint density at radius 2 is 1.76 bits per heavy atom. The Morgan fingerprint density at radius 3 is 2.45 bits per heavy atom. The minimum absolute atomic E-state index is 0.0665. The van der Waals surface area contributed by atoms with Crippen LogP contribution in [0.3, 0.4) is 0 Å². The normalized spacial score (nSPS) is 15.8. The summed E-state index contributed by atoms with van der Waals surface area (Å²) in [5.41, 5.74) is 3.99. The molecule has 0 spiro atoms. The maximum Gasteiger partial charge on any atom is 0.269 e. The quantitative estimate of drug-likeness (QED) is 0.469. The molecule has 5 rings (SSSR count). The van der Waals surface area contributed by atoms with E-state index in [0.29, 0.717) is 41.8 Å². The topological polar surface area (TPSA) is 88.9 Å². The van der Waals surface area contributed by atoms with Gasteiger partial charge in [-0.05, 0) is 49.7 Å². The molecule has 9 heteroatoms. The predicted molar refractivity (Wildman–Crippen MR) is 144 cm³/mol. The van der Waals surface area contributed by atoms with Crippen molar-refractivity contribution in [1.82, 2.24) is 24.9 Å². The van der Waals surface area contributed by atoms with E-state index in [1.807, 2.05) is 53.4 Å². The van der Waals surface area contributed by atoms with Crippen molar-refractivity contribution < 1.29 is 19.1 Å². The molecule has 0 unspecified atom stereocenters. The molecule has 2 fully saturated rings. The number of hydrogen-bond acceptors (Lipinski definition) is 6. The minimum atomic E-state index is -0.175. The Balaban J connectivity index is 1.19. The lowest BCUT2D eigenvalue weighted by atomic mass is 10.1. The van der Waals surface area contributed by atoms with Crippen LogP contribution < -0.4 is 14.8 Å². The van der Waals surface area contributed by atoms with Crippen LogP contribution in [0.2, 0.25) is 0 Å². The zero-order valence-electron chi connectivity index (χ0n) is 22.3. The summed E-state index contributed by atoms with van der Waals surface area (Å²) in [6.45, 7) is 3.92. The van der Waals surface area contributed by atoms with Gasteiger partial charge in [-0.3, -0.25) is 14.3 Å². The fourth-order valence-corrected chi connectivity index (χ4v) is 4.69. The first-order valence-electron chi connectivity index (χ1n) is 13.1. The van der Waals surface area contributed by atoms with Gasteiger partial charge in [0, 0.05) is 56.8 Å². The highest BCUT2D eigenvalue weighted by molar-refractivity contribution is 5.94. The molecule has 2 aromatic carbocycles. The molecule has 1 aliphatic heterocycles. The lowest BCUT2D eigenvalue weighted by molar-refractivity contribution is 0.0664. The number of nitrogens with zero attached hydrogens (tertiary/aromatic N) is 4. The molecule has 1 saturated heterocycles. The van der Waals surface area contributed by atoms with Crippen LogP contribution in [-0.2, 0) is 20.2 Å². The molecule has 2 heterocycles. The molecule has 2 amide bonds. The van der Waals surface area contributed by atoms with Crippen molar-refractivity contribution in [3.63, 3.8) is 0 Å². The van der Waals surface area contributed by atoms with E-state index in [2.05, 4.69) is 22.4 Å². The largest absolute Gasteiger partial charge is 0.493 e. The lowest BCUT2D eigenvalue weighted by Crippen LogP contribution is -2.47. The van der Waals surface area contributed by atoms with Gasteiger partial charge in [-0.25, -0.2) is 0 Å². The summed E-state index contributed by atoms with van der Waals surface area (Å²) in [6, 6.07) is 15.1. The van der Waals surface area contributed by atoms with Crippen LogP contribution in [0.5, 0.6) is 11.5 Å². The second kappa shape index (κ2) is 11.3. The second-order valence-electron chi connectivity index (χ2n) is 10.1. The van der Waals surface area contributed by atoms with E-state index in [1.54, 1.807) is 18.8 Å². The fraction of sp³-hybridized carbons (Fsp3) is 0.414. The van der Waals surface area contributed by atoms with Crippen molar-refractivity contribution in [2.75, 3.05) is 40.3 Å². The smallest absolute Gasteiger partial charge is 0.269 e. The number of piperazine rings is 1. The van der Waals surface area contributed by atoms with E-state index in [0.717, 1.165) is 55.8 Å². The van der Waals surface area contributed by atoms with Gasteiger partial charge in [-0.1, -0.05) is 24.3 Å². The zero-order valence-corrected chi connectivity index (χ0v) is 22.3. The van der Waals surface area contributed by atoms with Gasteiger partial charge in [-0.15, -0.1) is 0 Å². The molecule has 2 aliphatic rings. The molecule has 1 N–H and O–H groups in total. The van der Waals surface area contributed by atoms with Crippen LogP contribution in [0.15, 0.2) is 48.5 Å². The van der Waals surface area contributed by atoms with Gasteiger partial charge in [0.05, 0.1) is 12.8 Å². The van der Waals surface area contributed by atoms with Gasteiger partial charge in [0.25, 0.3) is 11.8 Å². The lowest BCUT2D eigenvalue weighted by Gasteiger charge is -2.32. The SMILES string of the molecule is COc1c(CNC(=O)c2cc(C3CC3)nn2C)cccc1OCc1ccc(C(=O)N2CCN(C)CC2)cc1. The summed E-state index contributed by atoms with van der Waals surface area (Å²) in [5.74, 6) is 1.56. The Morgan fingerprint density at radius 1 is 1.03 bits per heavy atom. The zero-order chi connectivity index (χ0) is 26.6. The van der Waals surface area contributed by atoms with Crippen LogP contribution in [-0.4, -0.2) is 71.7 Å². The van der Waals surface area contributed by atoms with E-state index < -0.39 is 0 Å². The summed E-state index contributed by atoms with van der Waals surface area (Å²) < 4.78 is 13.4. The van der Waals surface area contributed by atoms with E-state index >= 15 is 0 Å². The summed E-state index contributed by atoms with van der Waals surface area (Å²) in [6.07, 6.45) is 2.28. The number of methoxy groups -OCH3 is 1. The maximum atomic E-state index is 12.8. The van der Waals surface area contributed by atoms with Crippen molar-refractivity contribution in [3.8, 4) is 11.5 Å². The Labute approximate surface area is 223 Å². The summed E-state index contributed by atoms with van der Waals surface area (Å²) in [5, 5.41) is 7.46. The number of benzene rings is 2. The van der Waals surface area contributed by atoms with Gasteiger partial charge in [0.15, 0.2) is 11.5 Å². The van der Waals surface area contributed by atoms with Gasteiger partial charge < -0.3 is 24.6 Å². The molecular formula is C29H35N5O4. The van der Waals surface area contributed by atoms with Crippen molar-refractivity contribution in [3.05, 3.63) is 76.6 Å². The molecule has 3 aromatic rings. The number of carbonyl (C=O) groups is 2. The van der Waals surface area contributed by atoms with Crippen molar-refractivity contribution in [2.24, 2.45) is 7.05 Å². The standard InChI is InChI=1S/C29H35N5O4/c1-32-13-15-34(16-14-32)29(36)22-9-7-20(8-10-22)19-38-26-6-4-5-23(27(26)37-3)18-30-28(35)25-17-24(21-11-12-21)31-33(25)2/h4-10,17,21H,11-16,18-19H2,1-3H3,(H,30,35). The number of nitrogens with one attached hydrogen (secondary N) is 1. The highest BCUT2D eigenvalue weighted by Gasteiger charge is 2.28. The number of likely N-dealkylation sites (N-methyl/N-ethyl adjacent to an activating group) is 1. The van der Waals surface area contributed by atoms with E-state index in [4.69, 9.17) is 9.47 Å². The van der Waals surface area contributed by atoms with Crippen LogP contribution in [0.1, 0.15) is 56.4 Å². The molecule has 0 radical (unpaired) electrons. The first kappa shape index (κ1) is 25.8. The van der Waals surface area contributed by atoms with Crippen LogP contribution >= 0.6 is 0 Å². The third kappa shape index (κ3) is 5.83. The Kier molecular flexibility index (Phi) is 7.64. The van der Waals surface area contributed by atoms with Crippen LogP contribution in [0, 0.1) is 0 Å². The molecule has 200 valence electrons. The molecule has 1 aromatic heterocycles. The molecule has 9 nitrogen and oxygen atoms in total. The number of amides is 2. The molecule has 0 atom stereocenters. The van der Waals surface area contributed by atoms with Crippen molar-refractivity contribution >= 4 is 11.8 Å². The number of hydrogen-bond donors (Lipinski definition) is 1. The average Bonchev–Trinajstić information content (AvgIpc) is 3.72. The predicted octanol–water partition coefficient (Wildman–Crippen LogP) is 3.20. The van der Waals surface area contributed by atoms with Gasteiger partial charge in [0.2, 0.25) is 0 Å². The highest BCUT2D eigenvalue weighted by atomic mass is 16.5. The summed E-state index contributed by atoms with van der Waals surface area (Å²) in [4.78, 5) is 29.7. The molecule has 1 saturated carbocycles. The molecule has 38 heavy (non-hydrogen) atoms. The monoisotopic (exact) mass is 517 g/mol. The average molecular weight is 518 g/mol. The minimum Gasteiger partial charge on any atom is -0.493 e. The maximum absolute atomic E-state index is 12.8. The number of ether oxygens (including phenoxy) is 2. The van der Waals surface area contributed by atoms with E-state index in [-0.39, 0.29) is 11.8 Å². The molecule has 1 aliphatic carbocycles. The number of rotatable bonds is 9. The Hall–Kier alpha value is -3.85. The van der Waals surface area contributed by atoms with Crippen LogP contribution in [0.4, 0.5) is 0 Å². The first-order valence-corrected chi connectivity index (χ1v) is 13.1. The highest BCUT2D eigenvalue weighted by Crippen LogP contribution is 2.39. The van der Waals surface area contributed by atoms with Gasteiger partial charge in [-0.2, -0.15) is 5.10 Å². The Bertz CT molecular complexity index is 1290. The van der Waals surface area contributed by atoms with Crippen LogP contribution in [0.25, 0.3) is 0 Å². The van der Waals surface area contributed by atoms with E-state index in [9.17, 15) is 9.59 Å². The van der Waals surface area contributed by atoms with Gasteiger partial charge in [0.1, 0.15) is 12.3 Å². The third-order valence-electron chi connectivity index (χ3n) is 7.22. The third-order valence-corrected chi connectivity index (χ3v) is 7.22. The first-order chi connectivity index (χ1) is 18.4. The second-order valence-corrected chi connectivity index (χ2v) is 10.1. The summed E-state index contributed by atoms with van der Waals surface area (Å²) in [7, 11) is 5.46. The van der Waals surface area contributed by atoms with E-state index in [1.165, 1.54) is 0 Å². The number of para-hydroxylation sites is 1. The van der Waals surface area contributed by atoms with Crippen molar-refractivity contribution in [1.29, 1.82) is 0 Å².